The van der Waals surface area contributed by atoms with Crippen LogP contribution < -0.4 is 16.4 Å². The van der Waals surface area contributed by atoms with Crippen LogP contribution in [0.5, 0.6) is 0 Å². The quantitative estimate of drug-likeness (QED) is 0.0547. The van der Waals surface area contributed by atoms with E-state index in [0.717, 1.165) is 25.7 Å². The number of hydrogen-bond donors (Lipinski definition) is 3. The lowest BCUT2D eigenvalue weighted by Gasteiger charge is -2.33. The Morgan fingerprint density at radius 1 is 0.439 bits per heavy atom. The fraction of sp³-hybridized carbons (Fsp3) is 0.944. The molecule has 5 nitrogen and oxygen atoms in total. The summed E-state index contributed by atoms with van der Waals surface area (Å²) in [7, 11) is 0. The van der Waals surface area contributed by atoms with Gasteiger partial charge in [0.2, 0.25) is 11.8 Å². The molecule has 0 aliphatic heterocycles. The van der Waals surface area contributed by atoms with Gasteiger partial charge in [-0.2, -0.15) is 0 Å². The molecule has 0 bridgehead atoms. The van der Waals surface area contributed by atoms with Gasteiger partial charge < -0.3 is 16.4 Å². The van der Waals surface area contributed by atoms with E-state index < -0.39 is 5.66 Å². The summed E-state index contributed by atoms with van der Waals surface area (Å²) in [5.74, 6) is 0.00302. The summed E-state index contributed by atoms with van der Waals surface area (Å²) in [5.41, 5.74) is 5.22. The molecule has 0 fully saturated rings. The van der Waals surface area contributed by atoms with Gasteiger partial charge in [0.15, 0.2) is 0 Å². The Labute approximate surface area is 256 Å². The predicted molar refractivity (Wildman–Crippen MR) is 179 cm³/mol. The molecule has 5 heteroatoms. The van der Waals surface area contributed by atoms with Gasteiger partial charge >= 0.3 is 0 Å². The van der Waals surface area contributed by atoms with E-state index in [-0.39, 0.29) is 18.4 Å². The van der Waals surface area contributed by atoms with Gasteiger partial charge in [-0.25, -0.2) is 0 Å². The SMILES string of the molecule is CCCCCCCCCCCCCCCC(=O)NC(CC)(CN)NC(=O)CCCCCCCCCCCCCCC. The first-order chi connectivity index (χ1) is 20.0. The maximum absolute atomic E-state index is 12.6. The molecule has 0 rings (SSSR count). The van der Waals surface area contributed by atoms with Gasteiger partial charge in [-0.05, 0) is 19.3 Å². The number of nitrogens with one attached hydrogen (secondary N) is 2. The van der Waals surface area contributed by atoms with Gasteiger partial charge in [0, 0.05) is 19.4 Å². The number of rotatable bonds is 32. The van der Waals surface area contributed by atoms with Crippen molar-refractivity contribution in [1.29, 1.82) is 0 Å². The molecule has 2 amide bonds. The van der Waals surface area contributed by atoms with Crippen molar-refractivity contribution < 1.29 is 9.59 Å². The molecule has 0 unspecified atom stereocenters. The number of unbranched alkanes of at least 4 members (excludes halogenated alkanes) is 24. The second kappa shape index (κ2) is 30.4. The Morgan fingerprint density at radius 2 is 0.683 bits per heavy atom. The van der Waals surface area contributed by atoms with Crippen LogP contribution in [0.3, 0.4) is 0 Å². The van der Waals surface area contributed by atoms with Crippen LogP contribution in [0.2, 0.25) is 0 Å². The molecule has 0 aliphatic rings. The van der Waals surface area contributed by atoms with Gasteiger partial charge in [0.25, 0.3) is 0 Å². The van der Waals surface area contributed by atoms with Crippen LogP contribution in [0.15, 0.2) is 0 Å². The van der Waals surface area contributed by atoms with Gasteiger partial charge in [-0.3, -0.25) is 9.59 Å². The Kier molecular flexibility index (Phi) is 29.5. The van der Waals surface area contributed by atoms with Crippen molar-refractivity contribution in [3.63, 3.8) is 0 Å². The standard InChI is InChI=1S/C36H73N3O2/c1-4-7-9-11-13-15-17-19-21-23-25-27-29-31-34(40)38-36(6-3,33-37)39-35(41)32-30-28-26-24-22-20-18-16-14-12-10-8-5-2/h4-33,37H2,1-3H3,(H,38,40)(H,39,41). The number of carbonyl (C=O) groups is 2. The summed E-state index contributed by atoms with van der Waals surface area (Å²) in [6, 6.07) is 0. The van der Waals surface area contributed by atoms with Crippen molar-refractivity contribution in [2.24, 2.45) is 5.73 Å². The Bertz CT molecular complexity index is 531. The maximum atomic E-state index is 12.6. The van der Waals surface area contributed by atoms with Crippen molar-refractivity contribution in [2.75, 3.05) is 6.54 Å². The highest BCUT2D eigenvalue weighted by molar-refractivity contribution is 5.80. The normalized spacial score (nSPS) is 11.6. The van der Waals surface area contributed by atoms with Gasteiger partial charge in [0.05, 0.1) is 0 Å². The Balaban J connectivity index is 3.82. The molecule has 0 aliphatic carbocycles. The van der Waals surface area contributed by atoms with E-state index in [9.17, 15) is 9.59 Å². The maximum Gasteiger partial charge on any atom is 0.221 e. The predicted octanol–water partition coefficient (Wildman–Crippen LogP) is 10.2. The molecule has 244 valence electrons. The van der Waals surface area contributed by atoms with E-state index in [1.807, 2.05) is 6.92 Å². The van der Waals surface area contributed by atoms with Crippen molar-refractivity contribution in [2.45, 2.75) is 213 Å². The molecule has 0 saturated heterocycles. The number of amides is 2. The fourth-order valence-corrected chi connectivity index (χ4v) is 5.72. The minimum atomic E-state index is -0.818. The van der Waals surface area contributed by atoms with E-state index in [0.29, 0.717) is 19.3 Å². The highest BCUT2D eigenvalue weighted by Crippen LogP contribution is 2.15. The Hall–Kier alpha value is -1.10. The van der Waals surface area contributed by atoms with Crippen LogP contribution in [0, 0.1) is 0 Å². The molecule has 0 saturated carbocycles. The molecule has 0 spiro atoms. The van der Waals surface area contributed by atoms with Crippen molar-refractivity contribution in [3.05, 3.63) is 0 Å². The summed E-state index contributed by atoms with van der Waals surface area (Å²) in [5, 5.41) is 6.11. The van der Waals surface area contributed by atoms with Crippen LogP contribution in [0.1, 0.15) is 207 Å². The molecule has 0 aromatic heterocycles. The second-order valence-corrected chi connectivity index (χ2v) is 12.7. The second-order valence-electron chi connectivity index (χ2n) is 12.7. The number of carbonyl (C=O) groups excluding carboxylic acids is 2. The molecule has 0 atom stereocenters. The van der Waals surface area contributed by atoms with Gasteiger partial charge in [0.1, 0.15) is 5.66 Å². The molecule has 41 heavy (non-hydrogen) atoms. The summed E-state index contributed by atoms with van der Waals surface area (Å²) < 4.78 is 0. The monoisotopic (exact) mass is 580 g/mol. The largest absolute Gasteiger partial charge is 0.332 e. The van der Waals surface area contributed by atoms with E-state index in [2.05, 4.69) is 24.5 Å². The van der Waals surface area contributed by atoms with E-state index in [1.54, 1.807) is 0 Å². The van der Waals surface area contributed by atoms with Gasteiger partial charge in [-0.1, -0.05) is 175 Å². The third-order valence-corrected chi connectivity index (χ3v) is 8.72. The summed E-state index contributed by atoms with van der Waals surface area (Å²) in [6.07, 6.45) is 35.3. The zero-order valence-corrected chi connectivity index (χ0v) is 28.1. The van der Waals surface area contributed by atoms with Gasteiger partial charge in [-0.15, -0.1) is 0 Å². The van der Waals surface area contributed by atoms with Crippen LogP contribution in [0.4, 0.5) is 0 Å². The average Bonchev–Trinajstić information content (AvgIpc) is 2.97. The summed E-state index contributed by atoms with van der Waals surface area (Å²) >= 11 is 0. The smallest absolute Gasteiger partial charge is 0.221 e. The van der Waals surface area contributed by atoms with Crippen molar-refractivity contribution in [3.8, 4) is 0 Å². The van der Waals surface area contributed by atoms with Crippen LogP contribution in [-0.2, 0) is 9.59 Å². The molecule has 0 aromatic carbocycles. The Morgan fingerprint density at radius 3 is 0.902 bits per heavy atom. The minimum Gasteiger partial charge on any atom is -0.332 e. The molecule has 0 radical (unpaired) electrons. The van der Waals surface area contributed by atoms with E-state index >= 15 is 0 Å². The van der Waals surface area contributed by atoms with E-state index in [1.165, 1.54) is 141 Å². The highest BCUT2D eigenvalue weighted by Gasteiger charge is 2.29. The summed E-state index contributed by atoms with van der Waals surface area (Å²) in [4.78, 5) is 25.3. The highest BCUT2D eigenvalue weighted by atomic mass is 16.2. The number of hydrogen-bond acceptors (Lipinski definition) is 3. The molecule has 4 N–H and O–H groups in total. The first-order valence-electron chi connectivity index (χ1n) is 18.4. The molecule has 0 aromatic rings. The molecular formula is C36H73N3O2. The van der Waals surface area contributed by atoms with Crippen molar-refractivity contribution >= 4 is 11.8 Å². The number of nitrogens with two attached hydrogens (primary N) is 1. The molecular weight excluding hydrogens is 506 g/mol. The molecule has 0 heterocycles. The van der Waals surface area contributed by atoms with Crippen LogP contribution in [0.25, 0.3) is 0 Å². The zero-order chi connectivity index (χ0) is 30.3. The summed E-state index contributed by atoms with van der Waals surface area (Å²) in [6.45, 7) is 6.74. The minimum absolute atomic E-state index is 0.00151. The first-order valence-corrected chi connectivity index (χ1v) is 18.4. The lowest BCUT2D eigenvalue weighted by Crippen LogP contribution is -2.64. The average molecular weight is 580 g/mol. The third kappa shape index (κ3) is 26.3. The first kappa shape index (κ1) is 39.9. The fourth-order valence-electron chi connectivity index (χ4n) is 5.72. The topological polar surface area (TPSA) is 84.2 Å². The van der Waals surface area contributed by atoms with Crippen molar-refractivity contribution in [1.82, 2.24) is 10.6 Å². The van der Waals surface area contributed by atoms with Crippen LogP contribution in [-0.4, -0.2) is 24.0 Å². The van der Waals surface area contributed by atoms with Crippen LogP contribution >= 0.6 is 0 Å². The lowest BCUT2D eigenvalue weighted by molar-refractivity contribution is -0.127. The third-order valence-electron chi connectivity index (χ3n) is 8.72. The lowest BCUT2D eigenvalue weighted by atomic mass is 10.0. The zero-order valence-electron chi connectivity index (χ0n) is 28.1. The van der Waals surface area contributed by atoms with E-state index in [4.69, 9.17) is 5.73 Å².